The largest absolute Gasteiger partial charge is 0.393 e. The van der Waals surface area contributed by atoms with Crippen molar-refractivity contribution in [3.05, 3.63) is 0 Å². The number of hydrogen-bond donors (Lipinski definition) is 1. The Labute approximate surface area is 98.9 Å². The monoisotopic (exact) mass is 234 g/mol. The van der Waals surface area contributed by atoms with Crippen molar-refractivity contribution >= 4 is 0 Å². The summed E-state index contributed by atoms with van der Waals surface area (Å²) in [5.74, 6) is 0.342. The van der Waals surface area contributed by atoms with Crippen LogP contribution in [-0.2, 0) is 14.2 Å². The van der Waals surface area contributed by atoms with Gasteiger partial charge in [-0.05, 0) is 19.3 Å². The summed E-state index contributed by atoms with van der Waals surface area (Å²) in [6, 6.07) is 0. The van der Waals surface area contributed by atoms with Crippen molar-refractivity contribution in [2.75, 3.05) is 40.1 Å². The second-order valence-electron chi connectivity index (χ2n) is 3.92. The second-order valence-corrected chi connectivity index (χ2v) is 3.92. The van der Waals surface area contributed by atoms with Gasteiger partial charge in [-0.3, -0.25) is 0 Å². The van der Waals surface area contributed by atoms with Crippen LogP contribution in [0.2, 0.25) is 0 Å². The van der Waals surface area contributed by atoms with Gasteiger partial charge in [0.15, 0.2) is 0 Å². The van der Waals surface area contributed by atoms with Crippen molar-refractivity contribution in [2.24, 2.45) is 5.92 Å². The summed E-state index contributed by atoms with van der Waals surface area (Å²) in [6.45, 7) is 7.07. The van der Waals surface area contributed by atoms with Crippen molar-refractivity contribution < 1.29 is 19.3 Å². The Hall–Kier alpha value is -0.160. The molecule has 0 rings (SSSR count). The highest BCUT2D eigenvalue weighted by atomic mass is 16.5. The standard InChI is InChI=1S/C12H26O4/c1-4-12(11(2)13)5-6-15-9-10-16-8-7-14-3/h11-13H,4-10H2,1-3H3. The van der Waals surface area contributed by atoms with Gasteiger partial charge in [0.05, 0.1) is 32.5 Å². The predicted molar refractivity (Wildman–Crippen MR) is 63.6 cm³/mol. The van der Waals surface area contributed by atoms with Crippen LogP contribution in [0.25, 0.3) is 0 Å². The number of ether oxygens (including phenoxy) is 3. The lowest BCUT2D eigenvalue weighted by Gasteiger charge is -2.17. The first kappa shape index (κ1) is 15.8. The van der Waals surface area contributed by atoms with Crippen LogP contribution in [0.15, 0.2) is 0 Å². The van der Waals surface area contributed by atoms with Gasteiger partial charge in [0, 0.05) is 13.7 Å². The number of rotatable bonds is 11. The van der Waals surface area contributed by atoms with Crippen molar-refractivity contribution in [2.45, 2.75) is 32.8 Å². The van der Waals surface area contributed by atoms with Crippen LogP contribution >= 0.6 is 0 Å². The zero-order valence-corrected chi connectivity index (χ0v) is 10.8. The third-order valence-electron chi connectivity index (χ3n) is 2.64. The molecule has 0 radical (unpaired) electrons. The van der Waals surface area contributed by atoms with E-state index in [0.717, 1.165) is 12.8 Å². The Morgan fingerprint density at radius 2 is 1.56 bits per heavy atom. The molecule has 0 saturated heterocycles. The Balaban J connectivity index is 3.19. The molecule has 0 aromatic heterocycles. The van der Waals surface area contributed by atoms with Gasteiger partial charge in [-0.25, -0.2) is 0 Å². The molecule has 0 aliphatic carbocycles. The van der Waals surface area contributed by atoms with E-state index in [1.807, 2.05) is 6.92 Å². The van der Waals surface area contributed by atoms with Crippen LogP contribution in [0.1, 0.15) is 26.7 Å². The van der Waals surface area contributed by atoms with E-state index in [2.05, 4.69) is 6.92 Å². The molecule has 0 aliphatic rings. The molecule has 16 heavy (non-hydrogen) atoms. The van der Waals surface area contributed by atoms with E-state index in [-0.39, 0.29) is 6.10 Å². The third kappa shape index (κ3) is 9.09. The lowest BCUT2D eigenvalue weighted by atomic mass is 9.97. The average molecular weight is 234 g/mol. The van der Waals surface area contributed by atoms with E-state index in [4.69, 9.17) is 14.2 Å². The van der Waals surface area contributed by atoms with E-state index in [1.54, 1.807) is 7.11 Å². The molecule has 2 atom stereocenters. The molecule has 4 heteroatoms. The smallest absolute Gasteiger partial charge is 0.0701 e. The highest BCUT2D eigenvalue weighted by Crippen LogP contribution is 2.12. The zero-order chi connectivity index (χ0) is 12.2. The number of methoxy groups -OCH3 is 1. The third-order valence-corrected chi connectivity index (χ3v) is 2.64. The molecule has 0 aromatic carbocycles. The summed E-state index contributed by atoms with van der Waals surface area (Å²) < 4.78 is 15.5. The van der Waals surface area contributed by atoms with E-state index in [1.165, 1.54) is 0 Å². The second kappa shape index (κ2) is 11.3. The molecule has 0 bridgehead atoms. The van der Waals surface area contributed by atoms with Crippen LogP contribution in [0, 0.1) is 5.92 Å². The average Bonchev–Trinajstić information content (AvgIpc) is 2.26. The van der Waals surface area contributed by atoms with E-state index in [9.17, 15) is 5.11 Å². The van der Waals surface area contributed by atoms with Gasteiger partial charge in [-0.15, -0.1) is 0 Å². The van der Waals surface area contributed by atoms with E-state index >= 15 is 0 Å². The molecule has 1 N–H and O–H groups in total. The molecule has 0 heterocycles. The lowest BCUT2D eigenvalue weighted by Crippen LogP contribution is -2.18. The first-order chi connectivity index (χ1) is 7.72. The fourth-order valence-electron chi connectivity index (χ4n) is 1.49. The van der Waals surface area contributed by atoms with Gasteiger partial charge in [0.1, 0.15) is 0 Å². The summed E-state index contributed by atoms with van der Waals surface area (Å²) in [5, 5.41) is 9.42. The predicted octanol–water partition coefficient (Wildman–Crippen LogP) is 1.46. The van der Waals surface area contributed by atoms with Gasteiger partial charge in [0.2, 0.25) is 0 Å². The molecule has 0 amide bonds. The minimum absolute atomic E-state index is 0.244. The van der Waals surface area contributed by atoms with Crippen LogP contribution in [0.5, 0.6) is 0 Å². The first-order valence-electron chi connectivity index (χ1n) is 6.04. The quantitative estimate of drug-likeness (QED) is 0.550. The number of aliphatic hydroxyl groups excluding tert-OH is 1. The molecule has 2 unspecified atom stereocenters. The van der Waals surface area contributed by atoms with Crippen LogP contribution in [0.3, 0.4) is 0 Å². The van der Waals surface area contributed by atoms with E-state index in [0.29, 0.717) is 39.0 Å². The van der Waals surface area contributed by atoms with Crippen molar-refractivity contribution in [1.29, 1.82) is 0 Å². The van der Waals surface area contributed by atoms with E-state index < -0.39 is 0 Å². The molecule has 0 spiro atoms. The van der Waals surface area contributed by atoms with Crippen molar-refractivity contribution in [1.82, 2.24) is 0 Å². The maximum absolute atomic E-state index is 9.42. The Kier molecular flexibility index (Phi) is 11.2. The number of aliphatic hydroxyl groups is 1. The topological polar surface area (TPSA) is 47.9 Å². The minimum Gasteiger partial charge on any atom is -0.393 e. The Morgan fingerprint density at radius 3 is 2.06 bits per heavy atom. The minimum atomic E-state index is -0.244. The lowest BCUT2D eigenvalue weighted by molar-refractivity contribution is 0.0158. The summed E-state index contributed by atoms with van der Waals surface area (Å²) in [4.78, 5) is 0. The van der Waals surface area contributed by atoms with Crippen LogP contribution in [0.4, 0.5) is 0 Å². The van der Waals surface area contributed by atoms with Crippen LogP contribution in [-0.4, -0.2) is 51.4 Å². The van der Waals surface area contributed by atoms with Gasteiger partial charge < -0.3 is 19.3 Å². The molecular formula is C12H26O4. The number of hydrogen-bond acceptors (Lipinski definition) is 4. The van der Waals surface area contributed by atoms with Crippen molar-refractivity contribution in [3.63, 3.8) is 0 Å². The molecule has 0 fully saturated rings. The Bertz CT molecular complexity index is 139. The maximum Gasteiger partial charge on any atom is 0.0701 e. The molecule has 98 valence electrons. The summed E-state index contributed by atoms with van der Waals surface area (Å²) in [5.41, 5.74) is 0. The highest BCUT2D eigenvalue weighted by molar-refractivity contribution is 4.62. The summed E-state index contributed by atoms with van der Waals surface area (Å²) in [6.07, 6.45) is 1.66. The Morgan fingerprint density at radius 1 is 1.00 bits per heavy atom. The summed E-state index contributed by atoms with van der Waals surface area (Å²) in [7, 11) is 1.65. The SMILES string of the molecule is CCC(CCOCCOCCOC)C(C)O. The molecule has 0 aliphatic heterocycles. The molecule has 0 aromatic rings. The molecular weight excluding hydrogens is 208 g/mol. The van der Waals surface area contributed by atoms with Gasteiger partial charge in [-0.1, -0.05) is 13.3 Å². The maximum atomic E-state index is 9.42. The van der Waals surface area contributed by atoms with Gasteiger partial charge in [-0.2, -0.15) is 0 Å². The van der Waals surface area contributed by atoms with Crippen molar-refractivity contribution in [3.8, 4) is 0 Å². The normalized spacial score (nSPS) is 15.0. The van der Waals surface area contributed by atoms with Gasteiger partial charge in [0.25, 0.3) is 0 Å². The van der Waals surface area contributed by atoms with Gasteiger partial charge >= 0.3 is 0 Å². The summed E-state index contributed by atoms with van der Waals surface area (Å²) >= 11 is 0. The van der Waals surface area contributed by atoms with Crippen LogP contribution < -0.4 is 0 Å². The fourth-order valence-corrected chi connectivity index (χ4v) is 1.49. The molecule has 4 nitrogen and oxygen atoms in total. The zero-order valence-electron chi connectivity index (χ0n) is 10.8. The fraction of sp³-hybridized carbons (Fsp3) is 1.00. The first-order valence-corrected chi connectivity index (χ1v) is 6.04. The molecule has 0 saturated carbocycles. The highest BCUT2D eigenvalue weighted by Gasteiger charge is 2.11.